The van der Waals surface area contributed by atoms with Crippen LogP contribution in [0.1, 0.15) is 29.8 Å². The minimum Gasteiger partial charge on any atom is -0.478 e. The van der Waals surface area contributed by atoms with Gasteiger partial charge in [-0.2, -0.15) is 15.5 Å². The van der Waals surface area contributed by atoms with Crippen molar-refractivity contribution in [1.29, 1.82) is 5.26 Å². The van der Waals surface area contributed by atoms with Gasteiger partial charge in [-0.25, -0.2) is 9.07 Å². The van der Waals surface area contributed by atoms with E-state index in [2.05, 4.69) is 31.1 Å². The van der Waals surface area contributed by atoms with Gasteiger partial charge in [-0.15, -0.1) is 0 Å². The molecule has 0 N–H and O–H groups in total. The van der Waals surface area contributed by atoms with Crippen molar-refractivity contribution < 1.29 is 14.1 Å². The van der Waals surface area contributed by atoms with Crippen LogP contribution in [0.15, 0.2) is 59.6 Å². The molecule has 3 aromatic heterocycles. The normalized spacial score (nSPS) is 11.7. The Hall–Kier alpha value is -4.11. The maximum absolute atomic E-state index is 14.2. The molecule has 1 atom stereocenters. The van der Waals surface area contributed by atoms with E-state index in [9.17, 15) is 14.5 Å². The quantitative estimate of drug-likeness (QED) is 0.267. The van der Waals surface area contributed by atoms with Crippen LogP contribution in [0.3, 0.4) is 0 Å². The van der Waals surface area contributed by atoms with Crippen molar-refractivity contribution in [3.8, 4) is 17.5 Å². The highest BCUT2D eigenvalue weighted by Gasteiger charge is 2.23. The average molecular weight is 512 g/mol. The summed E-state index contributed by atoms with van der Waals surface area (Å²) < 4.78 is 23.7. The molecule has 0 bridgehead atoms. The molecular formula is C21H15BrFN7O3. The van der Waals surface area contributed by atoms with Gasteiger partial charge < -0.3 is 14.9 Å². The highest BCUT2D eigenvalue weighted by Crippen LogP contribution is 2.33. The number of aromatic nitrogens is 5. The van der Waals surface area contributed by atoms with Crippen LogP contribution in [0.2, 0.25) is 0 Å². The number of benzene rings is 1. The molecule has 0 saturated heterocycles. The van der Waals surface area contributed by atoms with E-state index in [0.717, 1.165) is 5.69 Å². The van der Waals surface area contributed by atoms with Crippen LogP contribution in [-0.2, 0) is 6.54 Å². The van der Waals surface area contributed by atoms with E-state index >= 15 is 0 Å². The highest BCUT2D eigenvalue weighted by atomic mass is 79.9. The lowest BCUT2D eigenvalue weighted by Gasteiger charge is -2.19. The van der Waals surface area contributed by atoms with Gasteiger partial charge in [-0.05, 0) is 57.0 Å². The number of hydrogen-bond donors (Lipinski definition) is 0. The standard InChI is InChI=1S/C21H15BrFN7O3/c1-13(33-20-6-15(22)10-25-21(20)30(31)32)18-7-16(23)2-3-19(18)29-17(4-5-26-29)12-28-11-14(8-24)9-27-28/h2-7,9-11,13H,12H2,1H3. The Morgan fingerprint density at radius 2 is 2.12 bits per heavy atom. The van der Waals surface area contributed by atoms with Crippen molar-refractivity contribution >= 4 is 21.7 Å². The van der Waals surface area contributed by atoms with Crippen LogP contribution in [-0.4, -0.2) is 29.5 Å². The molecule has 0 fully saturated rings. The number of hydrogen-bond acceptors (Lipinski definition) is 7. The van der Waals surface area contributed by atoms with Crippen molar-refractivity contribution in [2.45, 2.75) is 19.6 Å². The largest absolute Gasteiger partial charge is 0.478 e. The Labute approximate surface area is 195 Å². The number of pyridine rings is 1. The van der Waals surface area contributed by atoms with E-state index in [4.69, 9.17) is 10.00 Å². The molecule has 0 spiro atoms. The van der Waals surface area contributed by atoms with E-state index in [0.29, 0.717) is 27.8 Å². The van der Waals surface area contributed by atoms with E-state index in [1.54, 1.807) is 40.8 Å². The molecule has 4 aromatic rings. The zero-order chi connectivity index (χ0) is 23.5. The van der Waals surface area contributed by atoms with Crippen LogP contribution >= 0.6 is 15.9 Å². The molecule has 0 radical (unpaired) electrons. The van der Waals surface area contributed by atoms with Crippen LogP contribution in [0.5, 0.6) is 5.75 Å². The number of rotatable bonds is 7. The van der Waals surface area contributed by atoms with Gasteiger partial charge in [0.15, 0.2) is 6.20 Å². The summed E-state index contributed by atoms with van der Waals surface area (Å²) in [7, 11) is 0. The first kappa shape index (κ1) is 22.1. The summed E-state index contributed by atoms with van der Waals surface area (Å²) in [6.45, 7) is 1.97. The molecule has 0 aliphatic carbocycles. The Bertz CT molecular complexity index is 1380. The van der Waals surface area contributed by atoms with Crippen LogP contribution in [0, 0.1) is 27.3 Å². The summed E-state index contributed by atoms with van der Waals surface area (Å²) in [4.78, 5) is 14.5. The lowest BCUT2D eigenvalue weighted by atomic mass is 10.1. The molecule has 12 heteroatoms. The number of nitriles is 1. The van der Waals surface area contributed by atoms with Gasteiger partial charge in [0.05, 0.1) is 34.2 Å². The monoisotopic (exact) mass is 511 g/mol. The van der Waals surface area contributed by atoms with Crippen LogP contribution < -0.4 is 4.74 Å². The van der Waals surface area contributed by atoms with Crippen molar-refractivity contribution in [2.75, 3.05) is 0 Å². The zero-order valence-electron chi connectivity index (χ0n) is 17.1. The van der Waals surface area contributed by atoms with Crippen LogP contribution in [0.4, 0.5) is 10.2 Å². The summed E-state index contributed by atoms with van der Waals surface area (Å²) >= 11 is 3.23. The zero-order valence-corrected chi connectivity index (χ0v) is 18.7. The number of nitro groups is 1. The second-order valence-corrected chi connectivity index (χ2v) is 7.88. The van der Waals surface area contributed by atoms with Crippen molar-refractivity contribution in [3.05, 3.63) is 92.3 Å². The van der Waals surface area contributed by atoms with Crippen LogP contribution in [0.25, 0.3) is 5.69 Å². The highest BCUT2D eigenvalue weighted by molar-refractivity contribution is 9.10. The Kier molecular flexibility index (Phi) is 6.14. The Balaban J connectivity index is 1.70. The van der Waals surface area contributed by atoms with Gasteiger partial charge in [-0.3, -0.25) is 4.68 Å². The molecular weight excluding hydrogens is 497 g/mol. The van der Waals surface area contributed by atoms with Gasteiger partial charge in [0.25, 0.3) is 0 Å². The Morgan fingerprint density at radius 1 is 1.30 bits per heavy atom. The fraction of sp³-hybridized carbons (Fsp3) is 0.143. The molecule has 1 unspecified atom stereocenters. The van der Waals surface area contributed by atoms with Crippen molar-refractivity contribution in [1.82, 2.24) is 24.5 Å². The van der Waals surface area contributed by atoms with Crippen molar-refractivity contribution in [2.24, 2.45) is 0 Å². The Morgan fingerprint density at radius 3 is 2.85 bits per heavy atom. The van der Waals surface area contributed by atoms with E-state index in [1.165, 1.54) is 30.6 Å². The second-order valence-electron chi connectivity index (χ2n) is 6.97. The summed E-state index contributed by atoms with van der Waals surface area (Å²) in [6, 6.07) is 9.37. The molecule has 10 nitrogen and oxygen atoms in total. The van der Waals surface area contributed by atoms with E-state index in [-0.39, 0.29) is 5.75 Å². The van der Waals surface area contributed by atoms with Gasteiger partial charge in [0, 0.05) is 24.0 Å². The number of ether oxygens (including phenoxy) is 1. The summed E-state index contributed by atoms with van der Waals surface area (Å²) in [5, 5.41) is 28.9. The predicted octanol–water partition coefficient (Wildman–Crippen LogP) is 4.33. The fourth-order valence-electron chi connectivity index (χ4n) is 3.28. The smallest absolute Gasteiger partial charge is 0.406 e. The topological polar surface area (TPSA) is 125 Å². The number of halogens is 2. The predicted molar refractivity (Wildman–Crippen MR) is 117 cm³/mol. The van der Waals surface area contributed by atoms with E-state index < -0.39 is 22.7 Å². The average Bonchev–Trinajstić information content (AvgIpc) is 3.43. The molecule has 4 rings (SSSR count). The number of nitrogens with zero attached hydrogens (tertiary/aromatic N) is 7. The fourth-order valence-corrected chi connectivity index (χ4v) is 3.59. The molecule has 1 aromatic carbocycles. The van der Waals surface area contributed by atoms with Gasteiger partial charge in [0.2, 0.25) is 5.75 Å². The van der Waals surface area contributed by atoms with Crippen molar-refractivity contribution in [3.63, 3.8) is 0 Å². The minimum absolute atomic E-state index is 0.0571. The maximum Gasteiger partial charge on any atom is 0.406 e. The molecule has 166 valence electrons. The van der Waals surface area contributed by atoms with Gasteiger partial charge >= 0.3 is 5.82 Å². The van der Waals surface area contributed by atoms with E-state index in [1.807, 2.05) is 6.07 Å². The molecule has 0 saturated carbocycles. The lowest BCUT2D eigenvalue weighted by molar-refractivity contribution is -0.390. The first-order valence-electron chi connectivity index (χ1n) is 9.57. The first-order valence-corrected chi connectivity index (χ1v) is 10.4. The lowest BCUT2D eigenvalue weighted by Crippen LogP contribution is -2.13. The summed E-state index contributed by atoms with van der Waals surface area (Å²) in [5.74, 6) is -1.00. The first-order chi connectivity index (χ1) is 15.9. The molecule has 0 aliphatic heterocycles. The minimum atomic E-state index is -0.780. The third-order valence-electron chi connectivity index (χ3n) is 4.74. The second kappa shape index (κ2) is 9.17. The molecule has 33 heavy (non-hydrogen) atoms. The summed E-state index contributed by atoms with van der Waals surface area (Å²) in [5.41, 5.74) is 2.10. The maximum atomic E-state index is 14.2. The molecule has 0 amide bonds. The SMILES string of the molecule is CC(Oc1cc(Br)cnc1[N+](=O)[O-])c1cc(F)ccc1-n1nccc1Cn1cc(C#N)cn1. The molecule has 0 aliphatic rings. The van der Waals surface area contributed by atoms with Gasteiger partial charge in [0.1, 0.15) is 18.0 Å². The third kappa shape index (κ3) is 4.73. The molecule has 3 heterocycles. The third-order valence-corrected chi connectivity index (χ3v) is 5.17. The summed E-state index contributed by atoms with van der Waals surface area (Å²) in [6.07, 6.45) is 5.17. The van der Waals surface area contributed by atoms with Gasteiger partial charge in [-0.1, -0.05) is 0 Å².